The van der Waals surface area contributed by atoms with E-state index in [1.165, 1.54) is 25.7 Å². The van der Waals surface area contributed by atoms with Gasteiger partial charge in [0.2, 0.25) is 0 Å². The topological polar surface area (TPSA) is 0 Å². The zero-order chi connectivity index (χ0) is 11.1. The van der Waals surface area contributed by atoms with E-state index in [1.54, 1.807) is 0 Å². The summed E-state index contributed by atoms with van der Waals surface area (Å²) in [4.78, 5) is 0. The highest BCUT2D eigenvalue weighted by molar-refractivity contribution is 4.60. The van der Waals surface area contributed by atoms with E-state index in [4.69, 9.17) is 0 Å². The van der Waals surface area contributed by atoms with E-state index in [2.05, 4.69) is 41.5 Å². The minimum atomic E-state index is 0.859. The Morgan fingerprint density at radius 3 is 1.07 bits per heavy atom. The molecule has 14 heavy (non-hydrogen) atoms. The largest absolute Gasteiger partial charge is 0.0625 e. The molecular weight excluding hydrogens is 168 g/mol. The van der Waals surface area contributed by atoms with Crippen molar-refractivity contribution < 1.29 is 0 Å². The van der Waals surface area contributed by atoms with Crippen molar-refractivity contribution in [2.45, 2.75) is 67.2 Å². The van der Waals surface area contributed by atoms with Gasteiger partial charge in [0.25, 0.3) is 0 Å². The van der Waals surface area contributed by atoms with Crippen LogP contribution in [-0.2, 0) is 0 Å². The van der Waals surface area contributed by atoms with E-state index >= 15 is 0 Å². The molecule has 86 valence electrons. The summed E-state index contributed by atoms with van der Waals surface area (Å²) >= 11 is 0. The quantitative estimate of drug-likeness (QED) is 0.497. The molecule has 0 aliphatic heterocycles. The monoisotopic (exact) mass is 198 g/mol. The molecule has 1 unspecified atom stereocenters. The summed E-state index contributed by atoms with van der Waals surface area (Å²) in [5, 5.41) is 0. The van der Waals surface area contributed by atoms with E-state index in [0.29, 0.717) is 0 Å². The molecule has 0 aromatic rings. The lowest BCUT2D eigenvalue weighted by Gasteiger charge is -2.17. The molecule has 0 saturated heterocycles. The average molecular weight is 198 g/mol. The van der Waals surface area contributed by atoms with Crippen LogP contribution in [0.4, 0.5) is 0 Å². The molecule has 0 heteroatoms. The van der Waals surface area contributed by atoms with Gasteiger partial charge >= 0.3 is 0 Å². The van der Waals surface area contributed by atoms with Crippen LogP contribution in [0.1, 0.15) is 67.2 Å². The maximum atomic E-state index is 2.39. The molecule has 0 spiro atoms. The van der Waals surface area contributed by atoms with Gasteiger partial charge < -0.3 is 0 Å². The number of hydrogen-bond acceptors (Lipinski definition) is 0. The Kier molecular flexibility index (Phi) is 7.31. The van der Waals surface area contributed by atoms with Crippen molar-refractivity contribution in [1.82, 2.24) is 0 Å². The first kappa shape index (κ1) is 14.0. The van der Waals surface area contributed by atoms with Gasteiger partial charge in [-0.1, -0.05) is 67.2 Å². The molecule has 0 aromatic carbocycles. The molecule has 2 atom stereocenters. The van der Waals surface area contributed by atoms with Crippen molar-refractivity contribution in [1.29, 1.82) is 0 Å². The molecule has 0 saturated carbocycles. The smallest absolute Gasteiger partial charge is 0.0420 e. The number of hydrogen-bond donors (Lipinski definition) is 0. The van der Waals surface area contributed by atoms with Crippen LogP contribution in [0.3, 0.4) is 0 Å². The fourth-order valence-electron chi connectivity index (χ4n) is 1.60. The Hall–Kier alpha value is 0. The molecule has 0 heterocycles. The first-order valence-corrected chi connectivity index (χ1v) is 6.45. The molecule has 0 fully saturated rings. The Balaban J connectivity index is 3.38. The third kappa shape index (κ3) is 6.45. The zero-order valence-electron chi connectivity index (χ0n) is 11.1. The third-order valence-corrected chi connectivity index (χ3v) is 3.85. The van der Waals surface area contributed by atoms with Crippen LogP contribution in [0, 0.1) is 23.7 Å². The van der Waals surface area contributed by atoms with Gasteiger partial charge in [0.15, 0.2) is 0 Å². The van der Waals surface area contributed by atoms with Crippen molar-refractivity contribution in [3.63, 3.8) is 0 Å². The minimum absolute atomic E-state index is 0.859. The van der Waals surface area contributed by atoms with Gasteiger partial charge in [-0.25, -0.2) is 0 Å². The van der Waals surface area contributed by atoms with E-state index in [1.807, 2.05) is 0 Å². The summed E-state index contributed by atoms with van der Waals surface area (Å²) < 4.78 is 0. The van der Waals surface area contributed by atoms with Gasteiger partial charge in [-0.2, -0.15) is 0 Å². The second-order valence-electron chi connectivity index (χ2n) is 5.73. The van der Waals surface area contributed by atoms with E-state index < -0.39 is 0 Å². The SMILES string of the molecule is CC(C)C(C)CCCC[C@@H](C)C(C)C. The summed E-state index contributed by atoms with van der Waals surface area (Å²) in [6.45, 7) is 14.1. The van der Waals surface area contributed by atoms with Crippen molar-refractivity contribution >= 4 is 0 Å². The van der Waals surface area contributed by atoms with Crippen molar-refractivity contribution in [3.8, 4) is 0 Å². The van der Waals surface area contributed by atoms with Gasteiger partial charge in [-0.3, -0.25) is 0 Å². The van der Waals surface area contributed by atoms with Gasteiger partial charge in [-0.05, 0) is 23.7 Å². The lowest BCUT2D eigenvalue weighted by molar-refractivity contribution is 0.343. The van der Waals surface area contributed by atoms with Crippen LogP contribution in [0.5, 0.6) is 0 Å². The highest BCUT2D eigenvalue weighted by atomic mass is 14.1. The summed E-state index contributed by atoms with van der Waals surface area (Å²) in [7, 11) is 0. The second-order valence-corrected chi connectivity index (χ2v) is 5.73. The van der Waals surface area contributed by atoms with Crippen molar-refractivity contribution in [2.75, 3.05) is 0 Å². The normalized spacial score (nSPS) is 16.3. The molecule has 0 nitrogen and oxygen atoms in total. The summed E-state index contributed by atoms with van der Waals surface area (Å²) in [6.07, 6.45) is 5.69. The van der Waals surface area contributed by atoms with Crippen LogP contribution in [-0.4, -0.2) is 0 Å². The van der Waals surface area contributed by atoms with Crippen molar-refractivity contribution in [3.05, 3.63) is 0 Å². The molecular formula is C14H30. The molecule has 0 amide bonds. The first-order chi connectivity index (χ1) is 6.45. The zero-order valence-corrected chi connectivity index (χ0v) is 11.1. The van der Waals surface area contributed by atoms with E-state index in [9.17, 15) is 0 Å². The van der Waals surface area contributed by atoms with Gasteiger partial charge in [0.05, 0.1) is 0 Å². The predicted molar refractivity (Wildman–Crippen MR) is 66.5 cm³/mol. The third-order valence-electron chi connectivity index (χ3n) is 3.85. The molecule has 0 aliphatic carbocycles. The molecule has 0 rings (SSSR count). The molecule has 0 radical (unpaired) electrons. The van der Waals surface area contributed by atoms with E-state index in [-0.39, 0.29) is 0 Å². The number of unbranched alkanes of at least 4 members (excludes halogenated alkanes) is 1. The Labute approximate surface area is 91.5 Å². The molecule has 0 aromatic heterocycles. The Morgan fingerprint density at radius 2 is 0.857 bits per heavy atom. The average Bonchev–Trinajstić information content (AvgIpc) is 2.11. The lowest BCUT2D eigenvalue weighted by atomic mass is 9.89. The lowest BCUT2D eigenvalue weighted by Crippen LogP contribution is -2.06. The summed E-state index contributed by atoms with van der Waals surface area (Å²) in [5.41, 5.74) is 0. The first-order valence-electron chi connectivity index (χ1n) is 6.45. The fourth-order valence-corrected chi connectivity index (χ4v) is 1.60. The van der Waals surface area contributed by atoms with Gasteiger partial charge in [-0.15, -0.1) is 0 Å². The van der Waals surface area contributed by atoms with Crippen LogP contribution >= 0.6 is 0 Å². The minimum Gasteiger partial charge on any atom is -0.0625 e. The highest BCUT2D eigenvalue weighted by Crippen LogP contribution is 2.21. The molecule has 0 bridgehead atoms. The van der Waals surface area contributed by atoms with Crippen LogP contribution in [0.2, 0.25) is 0 Å². The molecule has 0 aliphatic rings. The van der Waals surface area contributed by atoms with E-state index in [0.717, 1.165) is 23.7 Å². The van der Waals surface area contributed by atoms with Crippen LogP contribution < -0.4 is 0 Å². The fraction of sp³-hybridized carbons (Fsp3) is 1.00. The molecule has 0 N–H and O–H groups in total. The van der Waals surface area contributed by atoms with Gasteiger partial charge in [0, 0.05) is 0 Å². The van der Waals surface area contributed by atoms with Crippen LogP contribution in [0.15, 0.2) is 0 Å². The predicted octanol–water partition coefficient (Wildman–Crippen LogP) is 5.13. The summed E-state index contributed by atoms with van der Waals surface area (Å²) in [6, 6.07) is 0. The van der Waals surface area contributed by atoms with Gasteiger partial charge in [0.1, 0.15) is 0 Å². The standard InChI is InChI=1S/C14H30/c1-11(2)13(5)9-7-8-10-14(6)12(3)4/h11-14H,7-10H2,1-6H3/t13-,14?/m1/s1. The maximum absolute atomic E-state index is 2.39. The highest BCUT2D eigenvalue weighted by Gasteiger charge is 2.09. The Morgan fingerprint density at radius 1 is 0.571 bits per heavy atom. The maximum Gasteiger partial charge on any atom is -0.0420 e. The Bertz CT molecular complexity index is 108. The second kappa shape index (κ2) is 7.31. The van der Waals surface area contributed by atoms with Crippen LogP contribution in [0.25, 0.3) is 0 Å². The van der Waals surface area contributed by atoms with Crippen molar-refractivity contribution in [2.24, 2.45) is 23.7 Å². The summed E-state index contributed by atoms with van der Waals surface area (Å²) in [5.74, 6) is 3.53. The number of rotatable bonds is 7.